The first-order valence-electron chi connectivity index (χ1n) is 9.15. The molecule has 0 radical (unpaired) electrons. The summed E-state index contributed by atoms with van der Waals surface area (Å²) in [6.45, 7) is 5.69. The summed E-state index contributed by atoms with van der Waals surface area (Å²) in [6, 6.07) is 0. The van der Waals surface area contributed by atoms with Gasteiger partial charge in [0.1, 0.15) is 5.83 Å². The summed E-state index contributed by atoms with van der Waals surface area (Å²) in [4.78, 5) is 11.8. The fraction of sp³-hybridized carbons (Fsp3) is 0.348. The molecule has 2 atom stereocenters. The van der Waals surface area contributed by atoms with Gasteiger partial charge in [0.15, 0.2) is 0 Å². The second-order valence-corrected chi connectivity index (χ2v) is 6.68. The maximum Gasteiger partial charge on any atom is 0.247 e. The molecule has 0 saturated heterocycles. The molecule has 3 aliphatic carbocycles. The Hall–Kier alpha value is -2.42. The van der Waals surface area contributed by atoms with E-state index in [1.807, 2.05) is 12.2 Å². The smallest absolute Gasteiger partial charge is 0.247 e. The first kappa shape index (κ1) is 19.9. The van der Waals surface area contributed by atoms with E-state index in [0.717, 1.165) is 24.8 Å². The summed E-state index contributed by atoms with van der Waals surface area (Å²) < 4.78 is 12.4. The van der Waals surface area contributed by atoms with Crippen molar-refractivity contribution < 1.29 is 9.18 Å². The molecule has 3 heteroatoms. The van der Waals surface area contributed by atoms with Crippen molar-refractivity contribution in [1.82, 2.24) is 5.32 Å². The first-order valence-corrected chi connectivity index (χ1v) is 9.15. The van der Waals surface area contributed by atoms with Gasteiger partial charge in [-0.1, -0.05) is 59.8 Å². The summed E-state index contributed by atoms with van der Waals surface area (Å²) in [6.07, 6.45) is 21.1. The average molecular weight is 353 g/mol. The van der Waals surface area contributed by atoms with Crippen molar-refractivity contribution in [2.75, 3.05) is 7.05 Å². The average Bonchev–Trinajstić information content (AvgIpc) is 2.83. The molecule has 0 aromatic rings. The number of hydrogen-bond donors (Lipinski definition) is 1. The van der Waals surface area contributed by atoms with Crippen LogP contribution in [0.1, 0.15) is 32.6 Å². The van der Waals surface area contributed by atoms with Gasteiger partial charge in [-0.15, -0.1) is 6.58 Å². The summed E-state index contributed by atoms with van der Waals surface area (Å²) in [5.74, 6) is 0.793. The third-order valence-corrected chi connectivity index (χ3v) is 4.93. The van der Waals surface area contributed by atoms with Crippen molar-refractivity contribution in [3.05, 3.63) is 83.8 Å². The lowest BCUT2D eigenvalue weighted by molar-refractivity contribution is -0.117. The number of fused-ring (bicyclic) bond motifs is 1. The number of carbonyl (C=O) groups excluding carboxylic acids is 1. The molecule has 1 amide bonds. The molecular formula is C23H28FNO. The van der Waals surface area contributed by atoms with E-state index < -0.39 is 0 Å². The van der Waals surface area contributed by atoms with Crippen LogP contribution in [-0.4, -0.2) is 13.0 Å². The molecule has 0 aliphatic heterocycles. The Morgan fingerprint density at radius 3 is 2.69 bits per heavy atom. The molecule has 138 valence electrons. The largest absolute Gasteiger partial charge is 0.355 e. The Bertz CT molecular complexity index is 718. The number of amides is 1. The Morgan fingerprint density at radius 1 is 1.27 bits per heavy atom. The van der Waals surface area contributed by atoms with E-state index in [4.69, 9.17) is 0 Å². The molecule has 0 aromatic carbocycles. The third-order valence-electron chi connectivity index (χ3n) is 4.93. The molecule has 0 saturated carbocycles. The van der Waals surface area contributed by atoms with Gasteiger partial charge in [-0.3, -0.25) is 4.79 Å². The quantitative estimate of drug-likeness (QED) is 0.667. The number of allylic oxidation sites excluding steroid dienone is 12. The minimum atomic E-state index is -0.00666. The lowest BCUT2D eigenvalue weighted by Gasteiger charge is -2.22. The van der Waals surface area contributed by atoms with E-state index in [2.05, 4.69) is 55.3 Å². The van der Waals surface area contributed by atoms with E-state index >= 15 is 0 Å². The van der Waals surface area contributed by atoms with Crippen LogP contribution in [0.3, 0.4) is 0 Å². The Labute approximate surface area is 156 Å². The molecule has 0 spiro atoms. The van der Waals surface area contributed by atoms with Crippen LogP contribution in [0.15, 0.2) is 83.8 Å². The van der Waals surface area contributed by atoms with E-state index in [1.165, 1.54) is 11.1 Å². The fourth-order valence-electron chi connectivity index (χ4n) is 3.38. The van der Waals surface area contributed by atoms with Crippen molar-refractivity contribution in [3.8, 4) is 0 Å². The predicted octanol–water partition coefficient (Wildman–Crippen LogP) is 5.50. The first-order chi connectivity index (χ1) is 12.6. The minimum absolute atomic E-state index is 0.00666. The summed E-state index contributed by atoms with van der Waals surface area (Å²) in [5.41, 5.74) is 3.37. The Morgan fingerprint density at radius 2 is 2.04 bits per heavy atom. The van der Waals surface area contributed by atoms with Gasteiger partial charge in [0.25, 0.3) is 0 Å². The van der Waals surface area contributed by atoms with Gasteiger partial charge in [-0.05, 0) is 32.3 Å². The Balaban J connectivity index is 0.000000209. The molecular weight excluding hydrogens is 325 g/mol. The van der Waals surface area contributed by atoms with Gasteiger partial charge in [-0.25, -0.2) is 4.39 Å². The van der Waals surface area contributed by atoms with Crippen LogP contribution in [0.25, 0.3) is 0 Å². The second-order valence-electron chi connectivity index (χ2n) is 6.68. The van der Waals surface area contributed by atoms with Crippen LogP contribution >= 0.6 is 0 Å². The summed E-state index contributed by atoms with van der Waals surface area (Å²) >= 11 is 0. The highest BCUT2D eigenvalue weighted by Gasteiger charge is 2.24. The van der Waals surface area contributed by atoms with Crippen molar-refractivity contribution in [3.63, 3.8) is 0 Å². The number of halogens is 1. The maximum absolute atomic E-state index is 12.4. The van der Waals surface area contributed by atoms with Crippen LogP contribution in [0.4, 0.5) is 4.39 Å². The highest BCUT2D eigenvalue weighted by atomic mass is 19.1. The van der Waals surface area contributed by atoms with Gasteiger partial charge in [0.05, 0.1) is 0 Å². The van der Waals surface area contributed by atoms with Gasteiger partial charge in [-0.2, -0.15) is 0 Å². The molecule has 0 heterocycles. The normalized spacial score (nSPS) is 23.8. The SMILES string of the molecule is C=CCC1=CC=C(F)CC1.CNC(=O)C1=C(C)C2C=CC=CC2C=CC1. The number of nitrogens with one attached hydrogen (secondary N) is 1. The van der Waals surface area contributed by atoms with E-state index in [-0.39, 0.29) is 11.7 Å². The molecule has 3 rings (SSSR count). The fourth-order valence-corrected chi connectivity index (χ4v) is 3.38. The third kappa shape index (κ3) is 5.29. The lowest BCUT2D eigenvalue weighted by Crippen LogP contribution is -2.22. The zero-order chi connectivity index (χ0) is 18.9. The molecule has 2 unspecified atom stereocenters. The van der Waals surface area contributed by atoms with E-state index in [9.17, 15) is 9.18 Å². The highest BCUT2D eigenvalue weighted by Crippen LogP contribution is 2.33. The monoisotopic (exact) mass is 353 g/mol. The second kappa shape index (κ2) is 9.91. The van der Waals surface area contributed by atoms with Crippen LogP contribution in [-0.2, 0) is 4.79 Å². The highest BCUT2D eigenvalue weighted by molar-refractivity contribution is 5.94. The predicted molar refractivity (Wildman–Crippen MR) is 107 cm³/mol. The number of rotatable bonds is 3. The van der Waals surface area contributed by atoms with Crippen LogP contribution in [0.2, 0.25) is 0 Å². The van der Waals surface area contributed by atoms with Gasteiger partial charge < -0.3 is 5.32 Å². The molecule has 26 heavy (non-hydrogen) atoms. The molecule has 0 bridgehead atoms. The van der Waals surface area contributed by atoms with Gasteiger partial charge in [0, 0.05) is 30.9 Å². The molecule has 2 nitrogen and oxygen atoms in total. The van der Waals surface area contributed by atoms with E-state index in [1.54, 1.807) is 13.1 Å². The van der Waals surface area contributed by atoms with Crippen molar-refractivity contribution in [2.45, 2.75) is 32.6 Å². The van der Waals surface area contributed by atoms with Crippen LogP contribution in [0.5, 0.6) is 0 Å². The molecule has 1 N–H and O–H groups in total. The van der Waals surface area contributed by atoms with Crippen LogP contribution < -0.4 is 5.32 Å². The topological polar surface area (TPSA) is 29.1 Å². The number of hydrogen-bond acceptors (Lipinski definition) is 1. The summed E-state index contributed by atoms with van der Waals surface area (Å²) in [7, 11) is 1.69. The van der Waals surface area contributed by atoms with Crippen LogP contribution in [0, 0.1) is 11.8 Å². The maximum atomic E-state index is 12.4. The molecule has 0 fully saturated rings. The Kier molecular flexibility index (Phi) is 7.58. The van der Waals surface area contributed by atoms with E-state index in [0.29, 0.717) is 18.3 Å². The molecule has 0 aromatic heterocycles. The number of likely N-dealkylation sites (N-methyl/N-ethyl adjacent to an activating group) is 1. The lowest BCUT2D eigenvalue weighted by atomic mass is 9.82. The van der Waals surface area contributed by atoms with Crippen molar-refractivity contribution in [1.29, 1.82) is 0 Å². The standard InChI is InChI=1S/C14H17NO.C9H11F/c1-10-12-8-4-3-6-11(12)7-5-9-13(10)14(16)15-2;1-2-3-8-4-6-9(10)7-5-8/h3-8,11-12H,9H2,1-2H3,(H,15,16);2,4,6H,1,3,5,7H2. The zero-order valence-electron chi connectivity index (χ0n) is 15.7. The summed E-state index contributed by atoms with van der Waals surface area (Å²) in [5, 5.41) is 2.72. The van der Waals surface area contributed by atoms with Crippen molar-refractivity contribution in [2.24, 2.45) is 11.8 Å². The van der Waals surface area contributed by atoms with Gasteiger partial charge >= 0.3 is 0 Å². The van der Waals surface area contributed by atoms with Crippen molar-refractivity contribution >= 4 is 5.91 Å². The number of carbonyl (C=O) groups is 1. The minimum Gasteiger partial charge on any atom is -0.355 e. The van der Waals surface area contributed by atoms with Gasteiger partial charge in [0.2, 0.25) is 5.91 Å². The molecule has 3 aliphatic rings. The zero-order valence-corrected chi connectivity index (χ0v) is 15.7.